The zero-order valence-corrected chi connectivity index (χ0v) is 25.1. The second kappa shape index (κ2) is 11.7. The molecule has 41 heavy (non-hydrogen) atoms. The number of halogens is 1. The van der Waals surface area contributed by atoms with Crippen LogP contribution in [-0.4, -0.2) is 70.1 Å². The normalized spacial score (nSPS) is 16.1. The summed E-state index contributed by atoms with van der Waals surface area (Å²) in [4.78, 5) is 22.9. The van der Waals surface area contributed by atoms with Crippen LogP contribution >= 0.6 is 22.9 Å². The number of ether oxygens (including phenoxy) is 1. The number of amides is 1. The third-order valence-corrected chi connectivity index (χ3v) is 10.7. The van der Waals surface area contributed by atoms with Crippen molar-refractivity contribution < 1.29 is 17.9 Å². The van der Waals surface area contributed by atoms with Crippen molar-refractivity contribution in [1.29, 1.82) is 0 Å². The van der Waals surface area contributed by atoms with Gasteiger partial charge in [0.15, 0.2) is 5.13 Å². The fraction of sp³-hybridized carbons (Fsp3) is 0.333. The van der Waals surface area contributed by atoms with Crippen molar-refractivity contribution in [2.75, 3.05) is 55.1 Å². The molecule has 1 aromatic heterocycles. The Balaban J connectivity index is 1.29. The number of morpholine rings is 1. The van der Waals surface area contributed by atoms with Crippen LogP contribution in [0.1, 0.15) is 27.9 Å². The fourth-order valence-electron chi connectivity index (χ4n) is 5.41. The molecule has 2 aliphatic rings. The maximum Gasteiger partial charge on any atom is 0.264 e. The number of benzene rings is 3. The van der Waals surface area contributed by atoms with Crippen molar-refractivity contribution in [3.63, 3.8) is 0 Å². The Morgan fingerprint density at radius 3 is 2.61 bits per heavy atom. The Bertz CT molecular complexity index is 1680. The van der Waals surface area contributed by atoms with Crippen LogP contribution in [0, 0.1) is 6.92 Å². The molecule has 0 N–H and O–H groups in total. The molecule has 2 aliphatic heterocycles. The zero-order chi connectivity index (χ0) is 28.6. The van der Waals surface area contributed by atoms with Gasteiger partial charge in [0, 0.05) is 43.3 Å². The quantitative estimate of drug-likeness (QED) is 0.279. The first-order chi connectivity index (χ1) is 19.8. The molecule has 3 heterocycles. The minimum atomic E-state index is -3.77. The van der Waals surface area contributed by atoms with Gasteiger partial charge < -0.3 is 4.74 Å². The number of aryl methyl sites for hydroxylation is 2. The first-order valence-electron chi connectivity index (χ1n) is 13.7. The molecule has 0 unspecified atom stereocenters. The van der Waals surface area contributed by atoms with Crippen LogP contribution in [0.2, 0.25) is 5.02 Å². The maximum absolute atomic E-state index is 13.9. The van der Waals surface area contributed by atoms with E-state index < -0.39 is 10.0 Å². The van der Waals surface area contributed by atoms with Gasteiger partial charge in [-0.2, -0.15) is 0 Å². The summed E-state index contributed by atoms with van der Waals surface area (Å²) in [5, 5.41) is 1.22. The zero-order valence-electron chi connectivity index (χ0n) is 22.8. The minimum Gasteiger partial charge on any atom is -0.379 e. The molecule has 0 atom stereocenters. The van der Waals surface area contributed by atoms with Gasteiger partial charge in [-0.15, -0.1) is 0 Å². The molecule has 3 aromatic carbocycles. The average Bonchev–Trinajstić information content (AvgIpc) is 3.41. The van der Waals surface area contributed by atoms with Gasteiger partial charge in [-0.05, 0) is 73.4 Å². The van der Waals surface area contributed by atoms with Crippen molar-refractivity contribution in [2.24, 2.45) is 0 Å². The molecule has 4 aromatic rings. The van der Waals surface area contributed by atoms with E-state index in [1.54, 1.807) is 17.0 Å². The van der Waals surface area contributed by atoms with E-state index in [1.165, 1.54) is 27.8 Å². The summed E-state index contributed by atoms with van der Waals surface area (Å²) in [6.45, 7) is 6.45. The SMILES string of the molecule is Cc1cc(Cl)cc2sc(N(CCN3CCOCC3)C(=O)c3ccc(S(=O)(=O)N4CCCc5ccccc54)cc3)nc12. The first-order valence-corrected chi connectivity index (χ1v) is 16.3. The lowest BCUT2D eigenvalue weighted by Crippen LogP contribution is -2.43. The van der Waals surface area contributed by atoms with E-state index in [-0.39, 0.29) is 10.8 Å². The van der Waals surface area contributed by atoms with Gasteiger partial charge in [0.1, 0.15) is 0 Å². The number of anilines is 2. The molecule has 214 valence electrons. The van der Waals surface area contributed by atoms with Crippen LogP contribution in [0.15, 0.2) is 65.6 Å². The lowest BCUT2D eigenvalue weighted by Gasteiger charge is -2.30. The number of para-hydroxylation sites is 1. The van der Waals surface area contributed by atoms with Crippen LogP contribution in [-0.2, 0) is 21.2 Å². The molecule has 0 aliphatic carbocycles. The van der Waals surface area contributed by atoms with Crippen LogP contribution in [0.3, 0.4) is 0 Å². The topological polar surface area (TPSA) is 83.0 Å². The number of carbonyl (C=O) groups excluding carboxylic acids is 1. The lowest BCUT2D eigenvalue weighted by atomic mass is 10.0. The van der Waals surface area contributed by atoms with E-state index in [2.05, 4.69) is 4.90 Å². The molecular formula is C30H31ClN4O4S2. The molecule has 0 bridgehead atoms. The van der Waals surface area contributed by atoms with E-state index in [1.807, 2.05) is 43.3 Å². The largest absolute Gasteiger partial charge is 0.379 e. The molecule has 0 spiro atoms. The molecule has 6 rings (SSSR count). The highest BCUT2D eigenvalue weighted by Crippen LogP contribution is 2.35. The van der Waals surface area contributed by atoms with Crippen LogP contribution in [0.4, 0.5) is 10.8 Å². The third-order valence-electron chi connectivity index (χ3n) is 7.62. The minimum absolute atomic E-state index is 0.163. The monoisotopic (exact) mass is 610 g/mol. The van der Waals surface area contributed by atoms with Gasteiger partial charge in [0.05, 0.1) is 34.0 Å². The summed E-state index contributed by atoms with van der Waals surface area (Å²) in [6, 6.07) is 17.6. The second-order valence-electron chi connectivity index (χ2n) is 10.3. The summed E-state index contributed by atoms with van der Waals surface area (Å²) in [5.74, 6) is -0.228. The standard InChI is InChI=1S/C30H31ClN4O4S2/c1-21-19-24(31)20-27-28(21)32-30(40-27)34(14-13-33-15-17-39-18-16-33)29(36)23-8-10-25(11-9-23)41(37,38)35-12-4-6-22-5-2-3-7-26(22)35/h2-3,5,7-11,19-20H,4,6,12-18H2,1H3. The number of nitrogens with zero attached hydrogens (tertiary/aromatic N) is 4. The predicted molar refractivity (Wildman–Crippen MR) is 164 cm³/mol. The van der Waals surface area contributed by atoms with Crippen molar-refractivity contribution in [2.45, 2.75) is 24.7 Å². The number of rotatable bonds is 7. The smallest absolute Gasteiger partial charge is 0.264 e. The molecule has 0 radical (unpaired) electrons. The Morgan fingerprint density at radius 1 is 1.07 bits per heavy atom. The summed E-state index contributed by atoms with van der Waals surface area (Å²) in [5.41, 5.74) is 3.92. The lowest BCUT2D eigenvalue weighted by molar-refractivity contribution is 0.0391. The molecule has 0 saturated carbocycles. The Hall–Kier alpha value is -3.02. The van der Waals surface area contributed by atoms with E-state index >= 15 is 0 Å². The van der Waals surface area contributed by atoms with Gasteiger partial charge >= 0.3 is 0 Å². The van der Waals surface area contributed by atoms with Crippen LogP contribution < -0.4 is 9.21 Å². The average molecular weight is 611 g/mol. The summed E-state index contributed by atoms with van der Waals surface area (Å²) in [6.07, 6.45) is 1.62. The van der Waals surface area contributed by atoms with Crippen molar-refractivity contribution >= 4 is 59.9 Å². The highest BCUT2D eigenvalue weighted by molar-refractivity contribution is 7.92. The highest BCUT2D eigenvalue weighted by atomic mass is 35.5. The number of carbonyl (C=O) groups is 1. The Labute approximate surface area is 249 Å². The van der Waals surface area contributed by atoms with Gasteiger partial charge in [-0.1, -0.05) is 41.1 Å². The van der Waals surface area contributed by atoms with E-state index in [0.717, 1.165) is 53.0 Å². The molecule has 8 nitrogen and oxygen atoms in total. The number of fused-ring (bicyclic) bond motifs is 2. The highest BCUT2D eigenvalue weighted by Gasteiger charge is 2.30. The van der Waals surface area contributed by atoms with Gasteiger partial charge in [-0.25, -0.2) is 13.4 Å². The predicted octanol–water partition coefficient (Wildman–Crippen LogP) is 5.38. The van der Waals surface area contributed by atoms with E-state index in [4.69, 9.17) is 21.3 Å². The molecule has 1 fully saturated rings. The van der Waals surface area contributed by atoms with E-state index in [9.17, 15) is 13.2 Å². The van der Waals surface area contributed by atoms with E-state index in [0.29, 0.717) is 48.6 Å². The molecule has 11 heteroatoms. The van der Waals surface area contributed by atoms with Crippen molar-refractivity contribution in [3.8, 4) is 0 Å². The number of aromatic nitrogens is 1. The number of hydrogen-bond donors (Lipinski definition) is 0. The third kappa shape index (κ3) is 5.72. The Kier molecular flexibility index (Phi) is 8.02. The summed E-state index contributed by atoms with van der Waals surface area (Å²) >= 11 is 7.72. The maximum atomic E-state index is 13.9. The van der Waals surface area contributed by atoms with Gasteiger partial charge in [0.25, 0.3) is 15.9 Å². The van der Waals surface area contributed by atoms with Crippen LogP contribution in [0.5, 0.6) is 0 Å². The first kappa shape index (κ1) is 28.1. The second-order valence-corrected chi connectivity index (χ2v) is 13.6. The molecular weight excluding hydrogens is 580 g/mol. The molecule has 1 saturated heterocycles. The number of hydrogen-bond acceptors (Lipinski definition) is 7. The molecule has 1 amide bonds. The summed E-state index contributed by atoms with van der Waals surface area (Å²) in [7, 11) is -3.77. The van der Waals surface area contributed by atoms with Crippen molar-refractivity contribution in [1.82, 2.24) is 9.88 Å². The number of sulfonamides is 1. The number of thiazole rings is 1. The van der Waals surface area contributed by atoms with Gasteiger partial charge in [-0.3, -0.25) is 18.9 Å². The fourth-order valence-corrected chi connectivity index (χ4v) is 8.40. The van der Waals surface area contributed by atoms with Gasteiger partial charge in [0.2, 0.25) is 0 Å². The summed E-state index contributed by atoms with van der Waals surface area (Å²) < 4.78 is 35.1. The van der Waals surface area contributed by atoms with Crippen molar-refractivity contribution in [3.05, 3.63) is 82.4 Å². The van der Waals surface area contributed by atoms with Crippen LogP contribution in [0.25, 0.3) is 10.2 Å². The Morgan fingerprint density at radius 2 is 1.83 bits per heavy atom.